The maximum absolute atomic E-state index is 12.2. The number of aromatic nitrogens is 1. The van der Waals surface area contributed by atoms with Crippen molar-refractivity contribution in [3.63, 3.8) is 0 Å². The minimum Gasteiger partial charge on any atom is -0.382 e. The molecule has 1 aromatic rings. The van der Waals surface area contributed by atoms with E-state index in [1.54, 1.807) is 0 Å². The fourth-order valence-electron chi connectivity index (χ4n) is 1.04. The average Bonchev–Trinajstić information content (AvgIpc) is 2.13. The van der Waals surface area contributed by atoms with E-state index in [9.17, 15) is 36.9 Å². The first-order valence-corrected chi connectivity index (χ1v) is 4.07. The van der Waals surface area contributed by atoms with Crippen LogP contribution in [0.15, 0.2) is 11.0 Å². The first kappa shape index (κ1) is 13.9. The van der Waals surface area contributed by atoms with Gasteiger partial charge in [0, 0.05) is 6.20 Å². The lowest BCUT2D eigenvalue weighted by Gasteiger charge is -2.09. The highest BCUT2D eigenvalue weighted by Crippen LogP contribution is 2.28. The zero-order valence-electron chi connectivity index (χ0n) is 8.12. The summed E-state index contributed by atoms with van der Waals surface area (Å²) in [7, 11) is 0. The molecule has 0 atom stereocenters. The Morgan fingerprint density at radius 3 is 2.33 bits per heavy atom. The van der Waals surface area contributed by atoms with Crippen LogP contribution in [0, 0.1) is 10.1 Å². The molecule has 11 heteroatoms. The van der Waals surface area contributed by atoms with Crippen molar-refractivity contribution in [3.8, 4) is 5.88 Å². The van der Waals surface area contributed by atoms with Gasteiger partial charge in [-0.25, -0.2) is 8.78 Å². The Balaban J connectivity index is 3.42. The third kappa shape index (κ3) is 2.93. The van der Waals surface area contributed by atoms with Crippen molar-refractivity contribution in [1.29, 1.82) is 0 Å². The van der Waals surface area contributed by atoms with E-state index in [2.05, 4.69) is 4.74 Å². The molecule has 6 nitrogen and oxygen atoms in total. The number of pyridine rings is 1. The third-order valence-corrected chi connectivity index (χ3v) is 1.69. The first-order chi connectivity index (χ1) is 8.13. The fraction of sp³-hybridized carbons (Fsp3) is 0.286. The van der Waals surface area contributed by atoms with Crippen LogP contribution < -0.4 is 10.2 Å². The number of alkyl halides is 5. The molecule has 0 spiro atoms. The summed E-state index contributed by atoms with van der Waals surface area (Å²) in [6.45, 7) is 0. The Morgan fingerprint density at radius 1 is 1.39 bits per heavy atom. The minimum absolute atomic E-state index is 0.223. The molecule has 0 aliphatic rings. The second kappa shape index (κ2) is 4.58. The number of ether oxygens (including phenoxy) is 1. The monoisotopic (exact) mass is 274 g/mol. The molecule has 0 aliphatic carbocycles. The molecule has 0 saturated carbocycles. The van der Waals surface area contributed by atoms with Crippen LogP contribution in [0.3, 0.4) is 0 Å². The van der Waals surface area contributed by atoms with Gasteiger partial charge in [-0.3, -0.25) is 14.9 Å². The van der Waals surface area contributed by atoms with Crippen LogP contribution in [0.25, 0.3) is 0 Å². The third-order valence-electron chi connectivity index (χ3n) is 1.69. The summed E-state index contributed by atoms with van der Waals surface area (Å²) < 4.78 is 63.2. The van der Waals surface area contributed by atoms with Gasteiger partial charge in [-0.05, 0) is 0 Å². The highest BCUT2D eigenvalue weighted by molar-refractivity contribution is 5.43. The lowest BCUT2D eigenvalue weighted by Crippen LogP contribution is -2.22. The van der Waals surface area contributed by atoms with Gasteiger partial charge in [0.05, 0.1) is 10.5 Å². The summed E-state index contributed by atoms with van der Waals surface area (Å²) in [5.74, 6) is -1.55. The van der Waals surface area contributed by atoms with Gasteiger partial charge >= 0.3 is 12.0 Å². The summed E-state index contributed by atoms with van der Waals surface area (Å²) in [4.78, 5) is 21.5. The van der Waals surface area contributed by atoms with Crippen molar-refractivity contribution in [2.24, 2.45) is 0 Å². The van der Waals surface area contributed by atoms with Crippen molar-refractivity contribution >= 4 is 5.69 Å². The second-order valence-electron chi connectivity index (χ2n) is 2.86. The van der Waals surface area contributed by atoms with E-state index in [1.807, 2.05) is 0 Å². The molecule has 0 fully saturated rings. The van der Waals surface area contributed by atoms with E-state index in [0.717, 1.165) is 0 Å². The van der Waals surface area contributed by atoms with Gasteiger partial charge in [0.25, 0.3) is 17.7 Å². The molecule has 1 rings (SSSR count). The molecule has 1 heterocycles. The Kier molecular flexibility index (Phi) is 3.53. The topological polar surface area (TPSA) is 85.2 Å². The number of halogens is 5. The van der Waals surface area contributed by atoms with Gasteiger partial charge in [0.1, 0.15) is 0 Å². The Hall–Kier alpha value is -2.20. The molecule has 100 valence electrons. The quantitative estimate of drug-likeness (QED) is 0.519. The van der Waals surface area contributed by atoms with Gasteiger partial charge < -0.3 is 9.72 Å². The van der Waals surface area contributed by atoms with Crippen LogP contribution in [0.1, 0.15) is 12.0 Å². The number of rotatable bonds is 3. The zero-order valence-corrected chi connectivity index (χ0v) is 8.12. The molecular weight excluding hydrogens is 271 g/mol. The summed E-state index contributed by atoms with van der Waals surface area (Å²) in [6, 6.07) is 0. The predicted octanol–water partition coefficient (Wildman–Crippen LogP) is 2.12. The van der Waals surface area contributed by atoms with Crippen molar-refractivity contribution in [1.82, 2.24) is 4.98 Å². The molecule has 18 heavy (non-hydrogen) atoms. The predicted molar refractivity (Wildman–Crippen MR) is 45.4 cm³/mol. The Bertz CT molecular complexity index is 524. The van der Waals surface area contributed by atoms with Gasteiger partial charge in [0.15, 0.2) is 0 Å². The molecule has 0 bridgehead atoms. The van der Waals surface area contributed by atoms with Gasteiger partial charge in [-0.2, -0.15) is 0 Å². The molecule has 1 aromatic heterocycles. The summed E-state index contributed by atoms with van der Waals surface area (Å²) in [5, 5.41) is 10.4. The highest BCUT2D eigenvalue weighted by Gasteiger charge is 2.37. The van der Waals surface area contributed by atoms with Gasteiger partial charge in [-0.1, -0.05) is 0 Å². The number of nitro groups is 1. The van der Waals surface area contributed by atoms with E-state index < -0.39 is 40.3 Å². The summed E-state index contributed by atoms with van der Waals surface area (Å²) >= 11 is 0. The van der Waals surface area contributed by atoms with Crippen molar-refractivity contribution in [2.45, 2.75) is 12.8 Å². The lowest BCUT2D eigenvalue weighted by molar-refractivity contribution is -0.390. The van der Waals surface area contributed by atoms with Crippen molar-refractivity contribution in [3.05, 3.63) is 32.1 Å². The first-order valence-electron chi connectivity index (χ1n) is 4.07. The highest BCUT2D eigenvalue weighted by atomic mass is 19.4. The van der Waals surface area contributed by atoms with Crippen LogP contribution in [-0.4, -0.2) is 16.3 Å². The van der Waals surface area contributed by atoms with E-state index in [1.165, 1.54) is 4.98 Å². The molecular formula is C7H3F5N2O4. The Labute approximate surface area is 94.1 Å². The molecule has 1 N–H and O–H groups in total. The standard InChI is InChI=1S/C7H3F5N2O4/c8-5(9)2-1-13-6(18-7(10,11)12)3(4(2)15)14(16)17/h1,5H,(H,13,15). The van der Waals surface area contributed by atoms with Crippen LogP contribution in [0.2, 0.25) is 0 Å². The van der Waals surface area contributed by atoms with E-state index >= 15 is 0 Å². The van der Waals surface area contributed by atoms with E-state index in [-0.39, 0.29) is 6.20 Å². The number of nitrogens with one attached hydrogen (secondary N) is 1. The largest absolute Gasteiger partial charge is 0.574 e. The summed E-state index contributed by atoms with van der Waals surface area (Å²) in [6.07, 6.45) is -8.45. The van der Waals surface area contributed by atoms with Crippen molar-refractivity contribution in [2.75, 3.05) is 0 Å². The number of hydrogen-bond acceptors (Lipinski definition) is 4. The molecule has 0 aliphatic heterocycles. The molecule has 0 aromatic carbocycles. The average molecular weight is 274 g/mol. The van der Waals surface area contributed by atoms with Crippen LogP contribution >= 0.6 is 0 Å². The van der Waals surface area contributed by atoms with E-state index in [4.69, 9.17) is 0 Å². The SMILES string of the molecule is O=c1c(C(F)F)c[nH]c(OC(F)(F)F)c1[N+](=O)[O-]. The minimum atomic E-state index is -5.31. The lowest BCUT2D eigenvalue weighted by atomic mass is 10.2. The maximum Gasteiger partial charge on any atom is 0.574 e. The van der Waals surface area contributed by atoms with Crippen LogP contribution in [0.4, 0.5) is 27.6 Å². The fourth-order valence-corrected chi connectivity index (χ4v) is 1.04. The van der Waals surface area contributed by atoms with Crippen LogP contribution in [0.5, 0.6) is 5.88 Å². The number of H-pyrrole nitrogens is 1. The number of aromatic amines is 1. The smallest absolute Gasteiger partial charge is 0.382 e. The van der Waals surface area contributed by atoms with Gasteiger partial charge in [-0.15, -0.1) is 13.2 Å². The number of hydrogen-bond donors (Lipinski definition) is 1. The van der Waals surface area contributed by atoms with E-state index in [0.29, 0.717) is 0 Å². The Morgan fingerprint density at radius 2 is 1.94 bits per heavy atom. The van der Waals surface area contributed by atoms with Crippen molar-refractivity contribution < 1.29 is 31.6 Å². The normalized spacial score (nSPS) is 11.7. The molecule has 0 radical (unpaired) electrons. The van der Waals surface area contributed by atoms with Crippen LogP contribution in [-0.2, 0) is 0 Å². The zero-order chi connectivity index (χ0) is 14.1. The van der Waals surface area contributed by atoms with Gasteiger partial charge in [0.2, 0.25) is 0 Å². The summed E-state index contributed by atoms with van der Waals surface area (Å²) in [5.41, 5.74) is -4.89. The number of nitrogens with zero attached hydrogens (tertiary/aromatic N) is 1. The molecule has 0 saturated heterocycles. The molecule has 0 amide bonds. The molecule has 0 unspecified atom stereocenters. The second-order valence-corrected chi connectivity index (χ2v) is 2.86. The maximum atomic E-state index is 12.2.